The summed E-state index contributed by atoms with van der Waals surface area (Å²) >= 11 is 0. The van der Waals surface area contributed by atoms with E-state index in [1.807, 2.05) is 31.2 Å². The van der Waals surface area contributed by atoms with Crippen molar-refractivity contribution in [1.82, 2.24) is 5.32 Å². The van der Waals surface area contributed by atoms with E-state index in [1.165, 1.54) is 11.1 Å². The Bertz CT molecular complexity index is 642. The molecule has 2 aromatic carbocycles. The second-order valence-corrected chi connectivity index (χ2v) is 5.30. The minimum Gasteiger partial charge on any atom is -0.494 e. The lowest BCUT2D eigenvalue weighted by Gasteiger charge is -2.15. The van der Waals surface area contributed by atoms with E-state index in [4.69, 9.17) is 14.2 Å². The van der Waals surface area contributed by atoms with Crippen LogP contribution in [0.4, 0.5) is 0 Å². The zero-order chi connectivity index (χ0) is 15.4. The van der Waals surface area contributed by atoms with Gasteiger partial charge in [-0.1, -0.05) is 18.2 Å². The minimum atomic E-state index is 0.227. The smallest absolute Gasteiger partial charge is 0.231 e. The van der Waals surface area contributed by atoms with Crippen molar-refractivity contribution in [3.63, 3.8) is 0 Å². The molecule has 0 radical (unpaired) electrons. The molecule has 0 amide bonds. The summed E-state index contributed by atoms with van der Waals surface area (Å²) in [6, 6.07) is 14.5. The highest BCUT2D eigenvalue weighted by molar-refractivity contribution is 5.45. The van der Waals surface area contributed by atoms with Gasteiger partial charge in [-0.15, -0.1) is 0 Å². The molecule has 0 spiro atoms. The third kappa shape index (κ3) is 3.34. The van der Waals surface area contributed by atoms with Crippen molar-refractivity contribution < 1.29 is 14.2 Å². The van der Waals surface area contributed by atoms with Crippen LogP contribution in [0, 0.1) is 0 Å². The molecule has 1 aliphatic rings. The monoisotopic (exact) mass is 299 g/mol. The Balaban J connectivity index is 1.62. The standard InChI is InChI=1S/C18H21NO3/c1-3-20-16-6-4-5-14(9-16)11-19-13(2)15-7-8-17-18(10-15)22-12-21-17/h4-10,13,19H,3,11-12H2,1-2H3. The Morgan fingerprint density at radius 3 is 2.86 bits per heavy atom. The number of fused-ring (bicyclic) bond motifs is 1. The third-order valence-electron chi connectivity index (χ3n) is 3.72. The molecular formula is C18H21NO3. The normalized spacial score (nSPS) is 13.9. The molecule has 4 nitrogen and oxygen atoms in total. The van der Waals surface area contributed by atoms with Crippen LogP contribution >= 0.6 is 0 Å². The van der Waals surface area contributed by atoms with E-state index in [-0.39, 0.29) is 6.04 Å². The number of benzene rings is 2. The summed E-state index contributed by atoms with van der Waals surface area (Å²) in [6.07, 6.45) is 0. The van der Waals surface area contributed by atoms with Crippen molar-refractivity contribution in [3.05, 3.63) is 53.6 Å². The van der Waals surface area contributed by atoms with E-state index >= 15 is 0 Å². The lowest BCUT2D eigenvalue weighted by atomic mass is 10.1. The molecule has 1 N–H and O–H groups in total. The quantitative estimate of drug-likeness (QED) is 0.883. The van der Waals surface area contributed by atoms with Crippen molar-refractivity contribution >= 4 is 0 Å². The molecule has 4 heteroatoms. The van der Waals surface area contributed by atoms with Crippen molar-refractivity contribution in [1.29, 1.82) is 0 Å². The van der Waals surface area contributed by atoms with E-state index in [0.717, 1.165) is 23.8 Å². The van der Waals surface area contributed by atoms with Gasteiger partial charge < -0.3 is 19.5 Å². The summed E-state index contributed by atoms with van der Waals surface area (Å²) in [6.45, 7) is 5.92. The van der Waals surface area contributed by atoms with Crippen LogP contribution in [-0.4, -0.2) is 13.4 Å². The number of ether oxygens (including phenoxy) is 3. The molecule has 1 aliphatic heterocycles. The van der Waals surface area contributed by atoms with Crippen LogP contribution in [0.3, 0.4) is 0 Å². The van der Waals surface area contributed by atoms with Crippen LogP contribution in [-0.2, 0) is 6.54 Å². The minimum absolute atomic E-state index is 0.227. The Morgan fingerprint density at radius 1 is 1.14 bits per heavy atom. The van der Waals surface area contributed by atoms with Gasteiger partial charge in [-0.25, -0.2) is 0 Å². The van der Waals surface area contributed by atoms with E-state index in [2.05, 4.69) is 30.4 Å². The van der Waals surface area contributed by atoms with Crippen LogP contribution in [0.1, 0.15) is 31.0 Å². The predicted octanol–water partition coefficient (Wildman–Crippen LogP) is 3.66. The number of hydrogen-bond donors (Lipinski definition) is 1. The van der Waals surface area contributed by atoms with Crippen molar-refractivity contribution in [2.45, 2.75) is 26.4 Å². The maximum atomic E-state index is 5.53. The summed E-state index contributed by atoms with van der Waals surface area (Å²) in [5, 5.41) is 3.52. The number of nitrogens with one attached hydrogen (secondary N) is 1. The van der Waals surface area contributed by atoms with Crippen LogP contribution in [0.15, 0.2) is 42.5 Å². The number of rotatable bonds is 6. The lowest BCUT2D eigenvalue weighted by molar-refractivity contribution is 0.174. The van der Waals surface area contributed by atoms with E-state index in [1.54, 1.807) is 0 Å². The van der Waals surface area contributed by atoms with Crippen LogP contribution in [0.25, 0.3) is 0 Å². The topological polar surface area (TPSA) is 39.7 Å². The van der Waals surface area contributed by atoms with E-state index in [9.17, 15) is 0 Å². The Morgan fingerprint density at radius 2 is 2.00 bits per heavy atom. The maximum absolute atomic E-state index is 5.53. The fourth-order valence-electron chi connectivity index (χ4n) is 2.48. The van der Waals surface area contributed by atoms with Gasteiger partial charge in [-0.05, 0) is 49.2 Å². The average molecular weight is 299 g/mol. The van der Waals surface area contributed by atoms with Gasteiger partial charge in [0.25, 0.3) is 0 Å². The Hall–Kier alpha value is -2.20. The second-order valence-electron chi connectivity index (χ2n) is 5.30. The highest BCUT2D eigenvalue weighted by Gasteiger charge is 2.15. The van der Waals surface area contributed by atoms with Gasteiger partial charge in [0.1, 0.15) is 5.75 Å². The molecule has 2 aromatic rings. The molecule has 1 unspecified atom stereocenters. The third-order valence-corrected chi connectivity index (χ3v) is 3.72. The molecule has 22 heavy (non-hydrogen) atoms. The van der Waals surface area contributed by atoms with Gasteiger partial charge in [0, 0.05) is 12.6 Å². The maximum Gasteiger partial charge on any atom is 0.231 e. The second kappa shape index (κ2) is 6.71. The van der Waals surface area contributed by atoms with Crippen LogP contribution < -0.4 is 19.5 Å². The van der Waals surface area contributed by atoms with Gasteiger partial charge in [0.2, 0.25) is 6.79 Å². The zero-order valence-corrected chi connectivity index (χ0v) is 13.0. The van der Waals surface area contributed by atoms with Crippen molar-refractivity contribution in [2.75, 3.05) is 13.4 Å². The Labute approximate surface area is 131 Å². The Kier molecular flexibility index (Phi) is 4.49. The van der Waals surface area contributed by atoms with Crippen molar-refractivity contribution in [3.8, 4) is 17.2 Å². The molecule has 0 saturated carbocycles. The first kappa shape index (κ1) is 14.7. The molecule has 1 atom stereocenters. The first-order chi connectivity index (χ1) is 10.8. The SMILES string of the molecule is CCOc1cccc(CNC(C)c2ccc3c(c2)OCO3)c1. The fourth-order valence-corrected chi connectivity index (χ4v) is 2.48. The lowest BCUT2D eigenvalue weighted by Crippen LogP contribution is -2.18. The largest absolute Gasteiger partial charge is 0.494 e. The first-order valence-corrected chi connectivity index (χ1v) is 7.61. The van der Waals surface area contributed by atoms with E-state index in [0.29, 0.717) is 13.4 Å². The molecule has 3 rings (SSSR count). The molecular weight excluding hydrogens is 278 g/mol. The number of hydrogen-bond acceptors (Lipinski definition) is 4. The van der Waals surface area contributed by atoms with Gasteiger partial charge in [-0.2, -0.15) is 0 Å². The van der Waals surface area contributed by atoms with E-state index < -0.39 is 0 Å². The molecule has 0 fully saturated rings. The van der Waals surface area contributed by atoms with Gasteiger partial charge >= 0.3 is 0 Å². The van der Waals surface area contributed by atoms with Crippen LogP contribution in [0.5, 0.6) is 17.2 Å². The summed E-state index contributed by atoms with van der Waals surface area (Å²) in [4.78, 5) is 0. The molecule has 0 saturated heterocycles. The summed E-state index contributed by atoms with van der Waals surface area (Å²) < 4.78 is 16.3. The van der Waals surface area contributed by atoms with Gasteiger partial charge in [0.05, 0.1) is 6.61 Å². The fraction of sp³-hybridized carbons (Fsp3) is 0.333. The summed E-state index contributed by atoms with van der Waals surface area (Å²) in [5.41, 5.74) is 2.39. The van der Waals surface area contributed by atoms with Gasteiger partial charge in [0.15, 0.2) is 11.5 Å². The highest BCUT2D eigenvalue weighted by Crippen LogP contribution is 2.34. The predicted molar refractivity (Wildman–Crippen MR) is 85.4 cm³/mol. The summed E-state index contributed by atoms with van der Waals surface area (Å²) in [7, 11) is 0. The molecule has 1 heterocycles. The molecule has 0 aliphatic carbocycles. The average Bonchev–Trinajstić information content (AvgIpc) is 3.01. The van der Waals surface area contributed by atoms with Crippen molar-refractivity contribution in [2.24, 2.45) is 0 Å². The molecule has 0 bridgehead atoms. The summed E-state index contributed by atoms with van der Waals surface area (Å²) in [5.74, 6) is 2.56. The van der Waals surface area contributed by atoms with Crippen LogP contribution in [0.2, 0.25) is 0 Å². The highest BCUT2D eigenvalue weighted by atomic mass is 16.7. The van der Waals surface area contributed by atoms with Gasteiger partial charge in [-0.3, -0.25) is 0 Å². The molecule has 116 valence electrons. The molecule has 0 aromatic heterocycles. The first-order valence-electron chi connectivity index (χ1n) is 7.61. The zero-order valence-electron chi connectivity index (χ0n) is 13.0.